The number of aliphatic hydroxyl groups is 1. The van der Waals surface area contributed by atoms with Gasteiger partial charge in [0.2, 0.25) is 5.95 Å². The first-order chi connectivity index (χ1) is 18.0. The van der Waals surface area contributed by atoms with Crippen LogP contribution in [0.1, 0.15) is 66.8 Å². The Hall–Kier alpha value is -2.11. The Labute approximate surface area is 236 Å². The van der Waals surface area contributed by atoms with Gasteiger partial charge in [0.1, 0.15) is 17.4 Å². The Bertz CT molecular complexity index is 1350. The van der Waals surface area contributed by atoms with Crippen LogP contribution >= 0.6 is 11.6 Å². The first kappa shape index (κ1) is 29.9. The Morgan fingerprint density at radius 3 is 2.51 bits per heavy atom. The Kier molecular flexibility index (Phi) is 8.19. The summed E-state index contributed by atoms with van der Waals surface area (Å²) < 4.78 is 29.7. The van der Waals surface area contributed by atoms with Gasteiger partial charge in [-0.15, -0.1) is 0 Å². The minimum absolute atomic E-state index is 0.0223. The molecule has 1 aromatic carbocycles. The monoisotopic (exact) mass is 577 g/mol. The highest BCUT2D eigenvalue weighted by Crippen LogP contribution is 2.41. The first-order valence-corrected chi connectivity index (χ1v) is 16.7. The van der Waals surface area contributed by atoms with Gasteiger partial charge in [0.15, 0.2) is 14.1 Å². The van der Waals surface area contributed by atoms with Crippen molar-refractivity contribution in [1.82, 2.24) is 19.5 Å². The van der Waals surface area contributed by atoms with Crippen molar-refractivity contribution in [2.45, 2.75) is 96.8 Å². The van der Waals surface area contributed by atoms with Crippen LogP contribution in [0.3, 0.4) is 0 Å². The molecule has 11 heteroatoms. The lowest BCUT2D eigenvalue weighted by Gasteiger charge is -2.39. The molecule has 0 saturated carbocycles. The number of benzene rings is 1. The third-order valence-corrected chi connectivity index (χ3v) is 12.5. The molecule has 1 saturated heterocycles. The number of anilines is 1. The second-order valence-electron chi connectivity index (χ2n) is 12.9. The van der Waals surface area contributed by atoms with E-state index in [1.165, 1.54) is 12.3 Å². The van der Waals surface area contributed by atoms with Crippen molar-refractivity contribution in [2.24, 2.45) is 0 Å². The van der Waals surface area contributed by atoms with Crippen molar-refractivity contribution >= 4 is 36.9 Å². The first-order valence-electron chi connectivity index (χ1n) is 13.4. The van der Waals surface area contributed by atoms with E-state index in [2.05, 4.69) is 74.5 Å². The molecule has 0 radical (unpaired) electrons. The molecule has 3 atom stereocenters. The third kappa shape index (κ3) is 6.15. The van der Waals surface area contributed by atoms with E-state index in [0.717, 1.165) is 0 Å². The molecule has 1 aliphatic heterocycles. The number of imidazole rings is 1. The molecule has 2 aromatic heterocycles. The SMILES string of the molecule is C[C@@H](O[Si](C)(C)C(C)(C)C)c1nc2c(F)cc(-c3nc(N[C@@H]4CCOC[C@H]4O)ncc3Cl)cc2n1C(C)(C)C. The Balaban J connectivity index is 1.79. The zero-order valence-electron chi connectivity index (χ0n) is 24.4. The summed E-state index contributed by atoms with van der Waals surface area (Å²) in [6.07, 6.45) is 1.10. The maximum absolute atomic E-state index is 15.7. The average molecular weight is 578 g/mol. The lowest BCUT2D eigenvalue weighted by Crippen LogP contribution is -2.42. The largest absolute Gasteiger partial charge is 0.407 e. The van der Waals surface area contributed by atoms with Crippen LogP contribution in [0.4, 0.5) is 10.3 Å². The third-order valence-electron chi connectivity index (χ3n) is 7.71. The van der Waals surface area contributed by atoms with Gasteiger partial charge >= 0.3 is 0 Å². The van der Waals surface area contributed by atoms with E-state index in [1.54, 1.807) is 0 Å². The van der Waals surface area contributed by atoms with Gasteiger partial charge in [0.25, 0.3) is 0 Å². The van der Waals surface area contributed by atoms with Gasteiger partial charge in [-0.2, -0.15) is 0 Å². The Morgan fingerprint density at radius 1 is 1.21 bits per heavy atom. The zero-order valence-corrected chi connectivity index (χ0v) is 26.1. The number of ether oxygens (including phenoxy) is 1. The average Bonchev–Trinajstić information content (AvgIpc) is 3.22. The molecule has 0 aliphatic carbocycles. The summed E-state index contributed by atoms with van der Waals surface area (Å²) in [5.74, 6) is 0.528. The van der Waals surface area contributed by atoms with Gasteiger partial charge in [-0.3, -0.25) is 0 Å². The van der Waals surface area contributed by atoms with Crippen LogP contribution in [-0.2, 0) is 14.7 Å². The number of fused-ring (bicyclic) bond motifs is 1. The van der Waals surface area contributed by atoms with Crippen molar-refractivity contribution in [3.8, 4) is 11.3 Å². The second-order valence-corrected chi connectivity index (χ2v) is 18.1. The molecule has 39 heavy (non-hydrogen) atoms. The minimum atomic E-state index is -2.11. The summed E-state index contributed by atoms with van der Waals surface area (Å²) in [5.41, 5.74) is 1.43. The fraction of sp³-hybridized carbons (Fsp3) is 0.607. The van der Waals surface area contributed by atoms with Crippen molar-refractivity contribution < 1.29 is 18.7 Å². The summed E-state index contributed by atoms with van der Waals surface area (Å²) >= 11 is 6.52. The summed E-state index contributed by atoms with van der Waals surface area (Å²) in [6.45, 7) is 20.0. The van der Waals surface area contributed by atoms with E-state index in [0.29, 0.717) is 46.6 Å². The normalized spacial score (nSPS) is 19.9. The van der Waals surface area contributed by atoms with Gasteiger partial charge < -0.3 is 24.2 Å². The van der Waals surface area contributed by atoms with E-state index in [9.17, 15) is 5.11 Å². The van der Waals surface area contributed by atoms with Crippen LogP contribution in [0.5, 0.6) is 0 Å². The van der Waals surface area contributed by atoms with Crippen molar-refractivity contribution in [2.75, 3.05) is 18.5 Å². The molecule has 4 rings (SSSR count). The van der Waals surface area contributed by atoms with Gasteiger partial charge in [-0.05, 0) is 64.4 Å². The topological polar surface area (TPSA) is 94.3 Å². The van der Waals surface area contributed by atoms with Gasteiger partial charge in [-0.1, -0.05) is 32.4 Å². The molecule has 2 N–H and O–H groups in total. The molecule has 3 aromatic rings. The lowest BCUT2D eigenvalue weighted by molar-refractivity contribution is -0.0136. The predicted molar refractivity (Wildman–Crippen MR) is 156 cm³/mol. The van der Waals surface area contributed by atoms with Crippen LogP contribution in [0.25, 0.3) is 22.3 Å². The molecular weight excluding hydrogens is 537 g/mol. The molecular formula is C28H41ClFN5O3Si. The number of aromatic nitrogens is 4. The van der Waals surface area contributed by atoms with E-state index in [1.807, 2.05) is 13.0 Å². The molecule has 1 fully saturated rings. The standard InChI is InChI=1S/C28H41ClFN5O3Si/c1-16(38-39(8,9)28(5,6)7)25-33-24-19(30)12-17(13-21(24)35(25)27(2,3)4)23-18(29)14-31-26(34-23)32-20-10-11-37-15-22(20)36/h12-14,16,20,22,36H,10-11,15H2,1-9H3,(H,31,32,34)/t16-,20-,22-/m1/s1. The summed E-state index contributed by atoms with van der Waals surface area (Å²) in [6, 6.07) is 3.03. The number of nitrogens with one attached hydrogen (secondary N) is 1. The molecule has 214 valence electrons. The fourth-order valence-corrected chi connectivity index (χ4v) is 6.18. The van der Waals surface area contributed by atoms with Crippen molar-refractivity contribution in [3.63, 3.8) is 0 Å². The molecule has 0 amide bonds. The van der Waals surface area contributed by atoms with Gasteiger partial charge in [-0.25, -0.2) is 19.3 Å². The summed E-state index contributed by atoms with van der Waals surface area (Å²) in [5, 5.41) is 13.7. The maximum atomic E-state index is 15.7. The van der Waals surface area contributed by atoms with Crippen LogP contribution in [0, 0.1) is 5.82 Å². The molecule has 0 unspecified atom stereocenters. The molecule has 0 bridgehead atoms. The molecule has 8 nitrogen and oxygen atoms in total. The van der Waals surface area contributed by atoms with Gasteiger partial charge in [0, 0.05) is 17.7 Å². The van der Waals surface area contributed by atoms with E-state index in [-0.39, 0.29) is 29.3 Å². The Morgan fingerprint density at radius 2 is 1.90 bits per heavy atom. The highest BCUT2D eigenvalue weighted by atomic mass is 35.5. The molecule has 1 aliphatic rings. The van der Waals surface area contributed by atoms with Crippen LogP contribution < -0.4 is 5.32 Å². The quantitative estimate of drug-likeness (QED) is 0.315. The molecule has 3 heterocycles. The van der Waals surface area contributed by atoms with Crippen LogP contribution in [0.15, 0.2) is 18.3 Å². The number of hydrogen-bond acceptors (Lipinski definition) is 7. The lowest BCUT2D eigenvalue weighted by atomic mass is 10.1. The van der Waals surface area contributed by atoms with Crippen molar-refractivity contribution in [1.29, 1.82) is 0 Å². The number of nitrogens with zero attached hydrogens (tertiary/aromatic N) is 4. The van der Waals surface area contributed by atoms with Crippen LogP contribution in [-0.4, -0.2) is 58.3 Å². The highest BCUT2D eigenvalue weighted by molar-refractivity contribution is 6.74. The second kappa shape index (κ2) is 10.7. The number of halogens is 2. The highest BCUT2D eigenvalue weighted by Gasteiger charge is 2.40. The number of aliphatic hydroxyl groups excluding tert-OH is 1. The molecule has 0 spiro atoms. The minimum Gasteiger partial charge on any atom is -0.407 e. The number of hydrogen-bond donors (Lipinski definition) is 2. The fourth-order valence-electron chi connectivity index (χ4n) is 4.64. The zero-order chi connectivity index (χ0) is 28.9. The van der Waals surface area contributed by atoms with E-state index < -0.39 is 25.8 Å². The summed E-state index contributed by atoms with van der Waals surface area (Å²) in [4.78, 5) is 13.7. The van der Waals surface area contributed by atoms with Gasteiger partial charge in [0.05, 0.1) is 41.2 Å². The summed E-state index contributed by atoms with van der Waals surface area (Å²) in [7, 11) is -2.11. The number of rotatable bonds is 6. The van der Waals surface area contributed by atoms with E-state index in [4.69, 9.17) is 25.7 Å². The van der Waals surface area contributed by atoms with Crippen molar-refractivity contribution in [3.05, 3.63) is 35.0 Å². The van der Waals surface area contributed by atoms with E-state index >= 15 is 4.39 Å². The maximum Gasteiger partial charge on any atom is 0.223 e. The smallest absolute Gasteiger partial charge is 0.223 e. The predicted octanol–water partition coefficient (Wildman–Crippen LogP) is 6.69. The van der Waals surface area contributed by atoms with Crippen LogP contribution in [0.2, 0.25) is 23.2 Å².